The van der Waals surface area contributed by atoms with Gasteiger partial charge < -0.3 is 15.5 Å². The lowest BCUT2D eigenvalue weighted by Gasteiger charge is -2.03. The van der Waals surface area contributed by atoms with Crippen LogP contribution < -0.4 is 10.5 Å². The van der Waals surface area contributed by atoms with Crippen molar-refractivity contribution in [3.63, 3.8) is 0 Å². The molecule has 96 valence electrons. The minimum Gasteiger partial charge on any atom is -0.493 e. The maximum atomic E-state index is 5.62. The molecular weight excluding hydrogens is 240 g/mol. The number of nitrogens with one attached hydrogen (secondary N) is 1. The number of imidazole rings is 1. The Morgan fingerprint density at radius 2 is 1.89 bits per heavy atom. The summed E-state index contributed by atoms with van der Waals surface area (Å²) in [5.41, 5.74) is 7.16. The van der Waals surface area contributed by atoms with Crippen molar-refractivity contribution in [2.45, 2.75) is 6.42 Å². The topological polar surface area (TPSA) is 76.8 Å². The molecule has 0 fully saturated rings. The molecule has 0 unspecified atom stereocenters. The van der Waals surface area contributed by atoms with Crippen molar-refractivity contribution in [3.8, 4) is 5.75 Å². The van der Waals surface area contributed by atoms with Gasteiger partial charge in [-0.05, 0) is 24.3 Å². The van der Waals surface area contributed by atoms with E-state index in [1.54, 1.807) is 6.07 Å². The molecule has 19 heavy (non-hydrogen) atoms. The van der Waals surface area contributed by atoms with Gasteiger partial charge in [0.15, 0.2) is 5.65 Å². The second-order valence-electron chi connectivity index (χ2n) is 4.20. The predicted octanol–water partition coefficient (Wildman–Crippen LogP) is 2.16. The van der Waals surface area contributed by atoms with Gasteiger partial charge in [0.05, 0.1) is 12.1 Å². The molecule has 5 nitrogen and oxygen atoms in total. The fourth-order valence-corrected chi connectivity index (χ4v) is 1.86. The van der Waals surface area contributed by atoms with Crippen molar-refractivity contribution in [2.24, 2.45) is 0 Å². The third-order valence-electron chi connectivity index (χ3n) is 2.77. The SMILES string of the molecule is Nc1ccc2[nH]c(CCOc3ccccc3)nc2n1. The third kappa shape index (κ3) is 2.65. The van der Waals surface area contributed by atoms with Crippen LogP contribution in [0.2, 0.25) is 0 Å². The van der Waals surface area contributed by atoms with Crippen LogP contribution in [0.25, 0.3) is 11.2 Å². The molecule has 0 amide bonds. The highest BCUT2D eigenvalue weighted by molar-refractivity contribution is 5.72. The zero-order valence-corrected chi connectivity index (χ0v) is 10.3. The summed E-state index contributed by atoms with van der Waals surface area (Å²) in [6, 6.07) is 13.4. The molecule has 0 radical (unpaired) electrons. The largest absolute Gasteiger partial charge is 0.493 e. The maximum absolute atomic E-state index is 5.62. The summed E-state index contributed by atoms with van der Waals surface area (Å²) in [7, 11) is 0. The zero-order chi connectivity index (χ0) is 13.1. The Hall–Kier alpha value is -2.56. The van der Waals surface area contributed by atoms with Crippen LogP contribution in [0.1, 0.15) is 5.82 Å². The van der Waals surface area contributed by atoms with Gasteiger partial charge in [0.2, 0.25) is 0 Å². The number of H-pyrrole nitrogens is 1. The van der Waals surface area contributed by atoms with E-state index in [9.17, 15) is 0 Å². The van der Waals surface area contributed by atoms with Crippen molar-refractivity contribution < 1.29 is 4.74 Å². The van der Waals surface area contributed by atoms with Crippen LogP contribution in [-0.4, -0.2) is 21.6 Å². The summed E-state index contributed by atoms with van der Waals surface area (Å²) in [6.07, 6.45) is 0.700. The second-order valence-corrected chi connectivity index (χ2v) is 4.20. The van der Waals surface area contributed by atoms with Gasteiger partial charge in [0.25, 0.3) is 0 Å². The van der Waals surface area contributed by atoms with Crippen molar-refractivity contribution in [2.75, 3.05) is 12.3 Å². The van der Waals surface area contributed by atoms with E-state index in [-0.39, 0.29) is 0 Å². The molecule has 3 aromatic rings. The number of anilines is 1. The van der Waals surface area contributed by atoms with Gasteiger partial charge in [-0.15, -0.1) is 0 Å². The minimum absolute atomic E-state index is 0.478. The molecule has 5 heteroatoms. The molecule has 0 atom stereocenters. The molecule has 1 aromatic carbocycles. The van der Waals surface area contributed by atoms with E-state index >= 15 is 0 Å². The Balaban J connectivity index is 1.65. The Labute approximate surface area is 110 Å². The summed E-state index contributed by atoms with van der Waals surface area (Å²) in [6.45, 7) is 0.569. The number of para-hydroxylation sites is 1. The first-order valence-electron chi connectivity index (χ1n) is 6.10. The molecule has 0 aliphatic rings. The van der Waals surface area contributed by atoms with Crippen LogP contribution in [-0.2, 0) is 6.42 Å². The molecular formula is C14H14N4O. The number of rotatable bonds is 4. The van der Waals surface area contributed by atoms with Gasteiger partial charge in [-0.25, -0.2) is 9.97 Å². The van der Waals surface area contributed by atoms with E-state index in [0.717, 1.165) is 17.1 Å². The fraction of sp³-hybridized carbons (Fsp3) is 0.143. The van der Waals surface area contributed by atoms with Gasteiger partial charge in [-0.1, -0.05) is 18.2 Å². The molecule has 0 bridgehead atoms. The normalized spacial score (nSPS) is 10.7. The van der Waals surface area contributed by atoms with E-state index < -0.39 is 0 Å². The quantitative estimate of drug-likeness (QED) is 0.748. The lowest BCUT2D eigenvalue weighted by atomic mass is 10.3. The minimum atomic E-state index is 0.478. The third-order valence-corrected chi connectivity index (χ3v) is 2.77. The number of benzene rings is 1. The first-order chi connectivity index (χ1) is 9.31. The molecule has 0 saturated carbocycles. The molecule has 0 aliphatic carbocycles. The Bertz CT molecular complexity index is 678. The molecule has 0 saturated heterocycles. The highest BCUT2D eigenvalue weighted by Crippen LogP contribution is 2.12. The van der Waals surface area contributed by atoms with Crippen molar-refractivity contribution in [3.05, 3.63) is 48.3 Å². The van der Waals surface area contributed by atoms with E-state index in [1.807, 2.05) is 36.4 Å². The fourth-order valence-electron chi connectivity index (χ4n) is 1.86. The summed E-state index contributed by atoms with van der Waals surface area (Å²) in [5, 5.41) is 0. The van der Waals surface area contributed by atoms with Crippen molar-refractivity contribution in [1.29, 1.82) is 0 Å². The highest BCUT2D eigenvalue weighted by atomic mass is 16.5. The Morgan fingerprint density at radius 3 is 2.74 bits per heavy atom. The van der Waals surface area contributed by atoms with Crippen LogP contribution in [0.15, 0.2) is 42.5 Å². The summed E-state index contributed by atoms with van der Waals surface area (Å²) < 4.78 is 5.62. The van der Waals surface area contributed by atoms with Crippen LogP contribution >= 0.6 is 0 Å². The molecule has 2 heterocycles. The number of nitrogens with zero attached hydrogens (tertiary/aromatic N) is 2. The van der Waals surface area contributed by atoms with E-state index in [2.05, 4.69) is 15.0 Å². The van der Waals surface area contributed by atoms with Gasteiger partial charge in [-0.3, -0.25) is 0 Å². The van der Waals surface area contributed by atoms with E-state index in [4.69, 9.17) is 10.5 Å². The zero-order valence-electron chi connectivity index (χ0n) is 10.3. The predicted molar refractivity (Wildman–Crippen MR) is 73.9 cm³/mol. The van der Waals surface area contributed by atoms with E-state index in [0.29, 0.717) is 24.5 Å². The summed E-state index contributed by atoms with van der Waals surface area (Å²) in [5.74, 6) is 2.19. The number of pyridine rings is 1. The number of ether oxygens (including phenoxy) is 1. The monoisotopic (exact) mass is 254 g/mol. The van der Waals surface area contributed by atoms with Crippen LogP contribution in [0.3, 0.4) is 0 Å². The lowest BCUT2D eigenvalue weighted by Crippen LogP contribution is -2.02. The smallest absolute Gasteiger partial charge is 0.179 e. The summed E-state index contributed by atoms with van der Waals surface area (Å²) >= 11 is 0. The maximum Gasteiger partial charge on any atom is 0.179 e. The number of aromatic amines is 1. The van der Waals surface area contributed by atoms with Crippen molar-refractivity contribution >= 4 is 17.0 Å². The molecule has 3 rings (SSSR count). The number of hydrogen-bond donors (Lipinski definition) is 2. The van der Waals surface area contributed by atoms with Crippen LogP contribution in [0.4, 0.5) is 5.82 Å². The lowest BCUT2D eigenvalue weighted by molar-refractivity contribution is 0.319. The average molecular weight is 254 g/mol. The van der Waals surface area contributed by atoms with Crippen LogP contribution in [0.5, 0.6) is 5.75 Å². The number of fused-ring (bicyclic) bond motifs is 1. The molecule has 0 aliphatic heterocycles. The van der Waals surface area contributed by atoms with Crippen LogP contribution in [0, 0.1) is 0 Å². The Kier molecular flexibility index (Phi) is 3.02. The number of nitrogen functional groups attached to an aromatic ring is 1. The molecule has 0 spiro atoms. The first kappa shape index (κ1) is 11.5. The second kappa shape index (κ2) is 4.97. The standard InChI is InChI=1S/C14H14N4O/c15-12-7-6-11-14(17-12)18-13(16-11)8-9-19-10-4-2-1-3-5-10/h1-7H,8-9H2,(H3,15,16,17,18). The number of nitrogens with two attached hydrogens (primary N) is 1. The highest BCUT2D eigenvalue weighted by Gasteiger charge is 2.04. The molecule has 2 aromatic heterocycles. The molecule has 3 N–H and O–H groups in total. The Morgan fingerprint density at radius 1 is 1.05 bits per heavy atom. The number of aromatic nitrogens is 3. The first-order valence-corrected chi connectivity index (χ1v) is 6.10. The average Bonchev–Trinajstić information content (AvgIpc) is 2.82. The van der Waals surface area contributed by atoms with E-state index in [1.165, 1.54) is 0 Å². The summed E-state index contributed by atoms with van der Waals surface area (Å²) in [4.78, 5) is 11.7. The number of hydrogen-bond acceptors (Lipinski definition) is 4. The van der Waals surface area contributed by atoms with Gasteiger partial charge in [-0.2, -0.15) is 0 Å². The van der Waals surface area contributed by atoms with Crippen molar-refractivity contribution in [1.82, 2.24) is 15.0 Å². The van der Waals surface area contributed by atoms with Gasteiger partial charge in [0.1, 0.15) is 17.4 Å². The van der Waals surface area contributed by atoms with Gasteiger partial charge >= 0.3 is 0 Å². The van der Waals surface area contributed by atoms with Gasteiger partial charge in [0, 0.05) is 6.42 Å².